The molecule has 1 fully saturated rings. The van der Waals surface area contributed by atoms with E-state index in [1.807, 2.05) is 6.07 Å². The summed E-state index contributed by atoms with van der Waals surface area (Å²) in [6.45, 7) is 0.763. The molecule has 0 radical (unpaired) electrons. The molecule has 0 unspecified atom stereocenters. The van der Waals surface area contributed by atoms with Gasteiger partial charge in [0.15, 0.2) is 0 Å². The maximum absolute atomic E-state index is 13.0. The highest BCUT2D eigenvalue weighted by Gasteiger charge is 2.32. The number of piperidine rings is 1. The van der Waals surface area contributed by atoms with Crippen LogP contribution in [0.25, 0.3) is 0 Å². The van der Waals surface area contributed by atoms with Gasteiger partial charge in [0.25, 0.3) is 0 Å². The number of methoxy groups -OCH3 is 3. The lowest BCUT2D eigenvalue weighted by atomic mass is 9.97. The second kappa shape index (κ2) is 10.4. The van der Waals surface area contributed by atoms with Gasteiger partial charge in [0.2, 0.25) is 15.9 Å². The molecule has 1 N–H and O–H groups in total. The molecule has 0 aromatic heterocycles. The number of nitrogens with one attached hydrogen (secondary N) is 1. The van der Waals surface area contributed by atoms with Crippen LogP contribution < -0.4 is 19.5 Å². The van der Waals surface area contributed by atoms with E-state index in [1.165, 1.54) is 29.6 Å². The highest BCUT2D eigenvalue weighted by atomic mass is 35.5. The Hall–Kier alpha value is -2.49. The van der Waals surface area contributed by atoms with E-state index in [2.05, 4.69) is 5.32 Å². The molecule has 10 heteroatoms. The number of hydrogen-bond donors (Lipinski definition) is 1. The number of carbonyl (C=O) groups excluding carboxylic acids is 1. The van der Waals surface area contributed by atoms with Gasteiger partial charge in [-0.05, 0) is 43.2 Å². The number of nitrogens with zero attached hydrogens (tertiary/aromatic N) is 1. The average Bonchev–Trinajstić information content (AvgIpc) is 2.82. The normalized spacial score (nSPS) is 15.2. The Balaban J connectivity index is 1.61. The van der Waals surface area contributed by atoms with E-state index in [4.69, 9.17) is 25.8 Å². The Morgan fingerprint density at radius 1 is 1.03 bits per heavy atom. The number of ether oxygens (including phenoxy) is 3. The second-order valence-corrected chi connectivity index (χ2v) is 9.68. The van der Waals surface area contributed by atoms with Crippen molar-refractivity contribution in [3.05, 3.63) is 47.0 Å². The summed E-state index contributed by atoms with van der Waals surface area (Å²) < 4.78 is 43.1. The lowest BCUT2D eigenvalue weighted by Crippen LogP contribution is -2.42. The number of carbonyl (C=O) groups is 1. The summed E-state index contributed by atoms with van der Waals surface area (Å²) in [6.07, 6.45) is 0.857. The topological polar surface area (TPSA) is 94.2 Å². The Bertz CT molecular complexity index is 1050. The van der Waals surface area contributed by atoms with E-state index in [1.54, 1.807) is 26.4 Å². The van der Waals surface area contributed by atoms with Crippen molar-refractivity contribution in [3.63, 3.8) is 0 Å². The molecule has 1 aliphatic rings. The zero-order chi connectivity index (χ0) is 23.3. The fourth-order valence-corrected chi connectivity index (χ4v) is 5.56. The van der Waals surface area contributed by atoms with E-state index < -0.39 is 10.0 Å². The molecule has 0 spiro atoms. The van der Waals surface area contributed by atoms with Crippen molar-refractivity contribution < 1.29 is 27.4 Å². The number of amides is 1. The minimum absolute atomic E-state index is 0.106. The summed E-state index contributed by atoms with van der Waals surface area (Å²) in [6, 6.07) is 9.81. The minimum Gasteiger partial charge on any atom is -0.496 e. The third-order valence-electron chi connectivity index (χ3n) is 5.56. The van der Waals surface area contributed by atoms with Gasteiger partial charge >= 0.3 is 0 Å². The molecule has 32 heavy (non-hydrogen) atoms. The Labute approximate surface area is 193 Å². The van der Waals surface area contributed by atoms with Crippen molar-refractivity contribution in [3.8, 4) is 17.2 Å². The van der Waals surface area contributed by atoms with Crippen molar-refractivity contribution in [2.24, 2.45) is 5.92 Å². The molecule has 0 saturated carbocycles. The van der Waals surface area contributed by atoms with E-state index in [-0.39, 0.29) is 41.4 Å². The fourth-order valence-electron chi connectivity index (χ4n) is 3.74. The van der Waals surface area contributed by atoms with Crippen LogP contribution in [0.5, 0.6) is 17.2 Å². The summed E-state index contributed by atoms with van der Waals surface area (Å²) in [5, 5.41) is 3.16. The van der Waals surface area contributed by atoms with E-state index in [9.17, 15) is 13.2 Å². The predicted molar refractivity (Wildman–Crippen MR) is 121 cm³/mol. The quantitative estimate of drug-likeness (QED) is 0.621. The lowest BCUT2D eigenvalue weighted by molar-refractivity contribution is -0.126. The summed E-state index contributed by atoms with van der Waals surface area (Å²) in [5.74, 6) is 1.27. The molecule has 0 aliphatic carbocycles. The molecule has 3 rings (SSSR count). The molecule has 1 saturated heterocycles. The summed E-state index contributed by atoms with van der Waals surface area (Å²) >= 11 is 6.09. The number of halogens is 1. The summed E-state index contributed by atoms with van der Waals surface area (Å²) in [5.41, 5.74) is 0.752. The lowest BCUT2D eigenvalue weighted by Gasteiger charge is -2.30. The van der Waals surface area contributed by atoms with Crippen LogP contribution >= 0.6 is 11.6 Å². The maximum Gasteiger partial charge on any atom is 0.243 e. The van der Waals surface area contributed by atoms with Crippen LogP contribution in [0.2, 0.25) is 5.02 Å². The predicted octanol–water partition coefficient (Wildman–Crippen LogP) is 3.08. The van der Waals surface area contributed by atoms with Crippen LogP contribution in [-0.4, -0.2) is 53.0 Å². The molecule has 0 atom stereocenters. The van der Waals surface area contributed by atoms with Crippen LogP contribution in [0.4, 0.5) is 0 Å². The van der Waals surface area contributed by atoms with Crippen molar-refractivity contribution in [2.75, 3.05) is 34.4 Å². The molecule has 174 valence electrons. The first-order chi connectivity index (χ1) is 15.3. The molecule has 2 aromatic carbocycles. The summed E-state index contributed by atoms with van der Waals surface area (Å²) in [4.78, 5) is 12.8. The zero-order valence-electron chi connectivity index (χ0n) is 18.3. The van der Waals surface area contributed by atoms with Crippen LogP contribution in [0.15, 0.2) is 41.3 Å². The molecule has 1 heterocycles. The number of hydrogen-bond acceptors (Lipinski definition) is 6. The van der Waals surface area contributed by atoms with Crippen LogP contribution in [-0.2, 0) is 21.4 Å². The number of benzene rings is 2. The smallest absolute Gasteiger partial charge is 0.243 e. The molecule has 8 nitrogen and oxygen atoms in total. The van der Waals surface area contributed by atoms with Crippen LogP contribution in [0.3, 0.4) is 0 Å². The van der Waals surface area contributed by atoms with E-state index >= 15 is 0 Å². The van der Waals surface area contributed by atoms with Crippen LogP contribution in [0.1, 0.15) is 18.4 Å². The number of sulfonamides is 1. The third-order valence-corrected chi connectivity index (χ3v) is 7.75. The van der Waals surface area contributed by atoms with E-state index in [0.29, 0.717) is 30.1 Å². The molecular formula is C22H27ClN2O6S. The second-order valence-electron chi connectivity index (χ2n) is 7.33. The molecule has 1 aliphatic heterocycles. The van der Waals surface area contributed by atoms with E-state index in [0.717, 1.165) is 5.56 Å². The molecular weight excluding hydrogens is 456 g/mol. The summed E-state index contributed by atoms with van der Waals surface area (Å²) in [7, 11) is 0.888. The van der Waals surface area contributed by atoms with Gasteiger partial charge in [0.05, 0.1) is 43.4 Å². The van der Waals surface area contributed by atoms with Crippen molar-refractivity contribution in [2.45, 2.75) is 24.3 Å². The Morgan fingerprint density at radius 2 is 1.62 bits per heavy atom. The maximum atomic E-state index is 13.0. The zero-order valence-corrected chi connectivity index (χ0v) is 19.8. The van der Waals surface area contributed by atoms with Gasteiger partial charge in [0.1, 0.15) is 17.2 Å². The van der Waals surface area contributed by atoms with Gasteiger partial charge in [-0.2, -0.15) is 4.31 Å². The minimum atomic E-state index is -3.70. The highest BCUT2D eigenvalue weighted by molar-refractivity contribution is 7.89. The monoisotopic (exact) mass is 482 g/mol. The van der Waals surface area contributed by atoms with Gasteiger partial charge < -0.3 is 19.5 Å². The van der Waals surface area contributed by atoms with Gasteiger partial charge in [-0.1, -0.05) is 17.7 Å². The van der Waals surface area contributed by atoms with Crippen molar-refractivity contribution in [1.82, 2.24) is 9.62 Å². The first-order valence-electron chi connectivity index (χ1n) is 10.1. The fraction of sp³-hybridized carbons (Fsp3) is 0.409. The number of rotatable bonds is 8. The SMILES string of the molecule is COc1ccc(S(=O)(=O)N2CCC(C(=O)NCc3c(OC)cccc3OC)CC2)cc1Cl. The molecule has 1 amide bonds. The van der Waals surface area contributed by atoms with Gasteiger partial charge in [-0.3, -0.25) is 4.79 Å². The third kappa shape index (κ3) is 5.11. The van der Waals surface area contributed by atoms with Gasteiger partial charge in [-0.25, -0.2) is 8.42 Å². The molecule has 0 bridgehead atoms. The standard InChI is InChI=1S/C22H27ClN2O6S/c1-29-19-5-4-6-20(30-2)17(19)14-24-22(26)15-9-11-25(12-10-15)32(27,28)16-7-8-21(31-3)18(23)13-16/h4-8,13,15H,9-12,14H2,1-3H3,(H,24,26). The average molecular weight is 483 g/mol. The molecule has 2 aromatic rings. The Kier molecular flexibility index (Phi) is 7.86. The highest BCUT2D eigenvalue weighted by Crippen LogP contribution is 2.31. The Morgan fingerprint density at radius 3 is 2.16 bits per heavy atom. The first kappa shape index (κ1) is 24.2. The largest absolute Gasteiger partial charge is 0.496 e. The van der Waals surface area contributed by atoms with Crippen LogP contribution in [0, 0.1) is 5.92 Å². The van der Waals surface area contributed by atoms with Gasteiger partial charge in [-0.15, -0.1) is 0 Å². The first-order valence-corrected chi connectivity index (χ1v) is 11.9. The van der Waals surface area contributed by atoms with Gasteiger partial charge in [0, 0.05) is 19.0 Å². The van der Waals surface area contributed by atoms with Crippen molar-refractivity contribution >= 4 is 27.5 Å². The van der Waals surface area contributed by atoms with Crippen molar-refractivity contribution in [1.29, 1.82) is 0 Å².